The predicted molar refractivity (Wildman–Crippen MR) is 94.6 cm³/mol. The molecule has 2 N–H and O–H groups in total. The van der Waals surface area contributed by atoms with Crippen molar-refractivity contribution in [2.24, 2.45) is 0 Å². The number of imide groups is 1. The number of nitrogens with one attached hydrogen (secondary N) is 2. The molecule has 144 valence electrons. The van der Waals surface area contributed by atoms with Crippen molar-refractivity contribution in [3.63, 3.8) is 0 Å². The van der Waals surface area contributed by atoms with Gasteiger partial charge in [-0.1, -0.05) is 0 Å². The van der Waals surface area contributed by atoms with Crippen molar-refractivity contribution in [3.8, 4) is 5.88 Å². The molecule has 1 aromatic rings. The van der Waals surface area contributed by atoms with Crippen LogP contribution in [0.1, 0.15) is 19.8 Å². The van der Waals surface area contributed by atoms with Gasteiger partial charge in [-0.25, -0.2) is 27.3 Å². The predicted octanol–water partition coefficient (Wildman–Crippen LogP) is 0.403. The van der Waals surface area contributed by atoms with Gasteiger partial charge < -0.3 is 10.1 Å². The molecule has 0 radical (unpaired) electrons. The van der Waals surface area contributed by atoms with E-state index >= 15 is 0 Å². The second-order valence-electron chi connectivity index (χ2n) is 6.68. The van der Waals surface area contributed by atoms with E-state index < -0.39 is 33.3 Å². The van der Waals surface area contributed by atoms with E-state index in [0.717, 1.165) is 0 Å². The lowest BCUT2D eigenvalue weighted by molar-refractivity contribution is -0.122. The van der Waals surface area contributed by atoms with Gasteiger partial charge in [0.15, 0.2) is 0 Å². The van der Waals surface area contributed by atoms with E-state index in [9.17, 15) is 18.0 Å². The van der Waals surface area contributed by atoms with Crippen molar-refractivity contribution < 1.29 is 22.7 Å². The molecule has 0 bridgehead atoms. The van der Waals surface area contributed by atoms with Crippen molar-refractivity contribution in [3.05, 3.63) is 29.7 Å². The molecular formula is C16H19N5O5S. The summed E-state index contributed by atoms with van der Waals surface area (Å²) in [5.41, 5.74) is -1.06. The summed E-state index contributed by atoms with van der Waals surface area (Å²) in [4.78, 5) is 30.5. The third kappa shape index (κ3) is 4.17. The van der Waals surface area contributed by atoms with Gasteiger partial charge in [-0.05, 0) is 31.9 Å². The highest BCUT2D eigenvalue weighted by Crippen LogP contribution is 2.23. The molecule has 3 heterocycles. The van der Waals surface area contributed by atoms with Crippen LogP contribution < -0.4 is 15.4 Å². The van der Waals surface area contributed by atoms with Gasteiger partial charge >= 0.3 is 6.03 Å². The Morgan fingerprint density at radius 3 is 2.59 bits per heavy atom. The summed E-state index contributed by atoms with van der Waals surface area (Å²) >= 11 is 0. The molecule has 1 atom stereocenters. The number of piperidine rings is 1. The molecule has 1 aromatic heterocycles. The summed E-state index contributed by atoms with van der Waals surface area (Å²) < 4.78 is 32.4. The average molecular weight is 393 g/mol. The molecule has 10 nitrogen and oxygen atoms in total. The lowest BCUT2D eigenvalue weighted by Gasteiger charge is -2.33. The Morgan fingerprint density at radius 2 is 2.07 bits per heavy atom. The first-order valence-corrected chi connectivity index (χ1v) is 9.94. The quantitative estimate of drug-likeness (QED) is 0.552. The largest absolute Gasteiger partial charge is 0.474 e. The summed E-state index contributed by atoms with van der Waals surface area (Å²) in [6.07, 6.45) is 2.18. The Labute approximate surface area is 156 Å². The Balaban J connectivity index is 1.57. The highest BCUT2D eigenvalue weighted by molar-refractivity contribution is 7.89. The number of rotatable bonds is 5. The first-order valence-electron chi connectivity index (χ1n) is 8.33. The van der Waals surface area contributed by atoms with Crippen molar-refractivity contribution in [1.82, 2.24) is 19.9 Å². The summed E-state index contributed by atoms with van der Waals surface area (Å²) in [5.74, 6) is -0.757. The van der Waals surface area contributed by atoms with Crippen molar-refractivity contribution in [2.75, 3.05) is 18.8 Å². The molecule has 0 saturated carbocycles. The Morgan fingerprint density at radius 1 is 1.37 bits per heavy atom. The highest BCUT2D eigenvalue weighted by atomic mass is 32.2. The van der Waals surface area contributed by atoms with Crippen LogP contribution >= 0.6 is 0 Å². The monoisotopic (exact) mass is 393 g/mol. The van der Waals surface area contributed by atoms with E-state index in [0.29, 0.717) is 24.4 Å². The van der Waals surface area contributed by atoms with Gasteiger partial charge in [-0.15, -0.1) is 0 Å². The molecule has 3 rings (SSSR count). The summed E-state index contributed by atoms with van der Waals surface area (Å²) in [7, 11) is -3.73. The number of hydrogen-bond donors (Lipinski definition) is 2. The highest BCUT2D eigenvalue weighted by Gasteiger charge is 2.46. The van der Waals surface area contributed by atoms with Crippen LogP contribution in [0.15, 0.2) is 18.3 Å². The van der Waals surface area contributed by atoms with Gasteiger partial charge in [-0.3, -0.25) is 10.1 Å². The number of hydrogen-bond acceptors (Lipinski definition) is 6. The van der Waals surface area contributed by atoms with Gasteiger partial charge in [-0.2, -0.15) is 0 Å². The minimum absolute atomic E-state index is 0.187. The first kappa shape index (κ1) is 19.1. The fraction of sp³-hybridized carbons (Fsp3) is 0.500. The fourth-order valence-electron chi connectivity index (χ4n) is 3.04. The van der Waals surface area contributed by atoms with Gasteiger partial charge in [0.2, 0.25) is 21.6 Å². The Kier molecular flexibility index (Phi) is 5.03. The summed E-state index contributed by atoms with van der Waals surface area (Å²) in [6, 6.07) is 2.52. The van der Waals surface area contributed by atoms with E-state index in [4.69, 9.17) is 11.3 Å². The number of pyridine rings is 1. The number of ether oxygens (including phenoxy) is 1. The van der Waals surface area contributed by atoms with E-state index in [2.05, 4.69) is 20.5 Å². The van der Waals surface area contributed by atoms with E-state index in [1.54, 1.807) is 12.1 Å². The maximum atomic E-state index is 12.6. The second-order valence-corrected chi connectivity index (χ2v) is 8.65. The van der Waals surface area contributed by atoms with Crippen molar-refractivity contribution >= 4 is 27.6 Å². The van der Waals surface area contributed by atoms with Crippen LogP contribution in [0.25, 0.3) is 4.85 Å². The smallest absolute Gasteiger partial charge is 0.322 e. The molecule has 11 heteroatoms. The van der Waals surface area contributed by atoms with Crippen LogP contribution in [0.2, 0.25) is 0 Å². The number of carbonyl (C=O) groups excluding carboxylic acids is 2. The lowest BCUT2D eigenvalue weighted by atomic mass is 10.1. The molecule has 0 aromatic carbocycles. The van der Waals surface area contributed by atoms with Crippen LogP contribution in [0.5, 0.6) is 5.88 Å². The maximum absolute atomic E-state index is 12.6. The second kappa shape index (κ2) is 7.13. The number of aromatic nitrogens is 1. The van der Waals surface area contributed by atoms with Crippen LogP contribution in [-0.4, -0.2) is 60.1 Å². The number of urea groups is 1. The molecule has 0 unspecified atom stereocenters. The molecular weight excluding hydrogens is 374 g/mol. The normalized spacial score (nSPS) is 24.1. The van der Waals surface area contributed by atoms with Crippen LogP contribution in [0.4, 0.5) is 10.5 Å². The van der Waals surface area contributed by atoms with Crippen LogP contribution in [0.3, 0.4) is 0 Å². The van der Waals surface area contributed by atoms with Gasteiger partial charge in [0.1, 0.15) is 11.6 Å². The van der Waals surface area contributed by atoms with Gasteiger partial charge in [0, 0.05) is 19.3 Å². The lowest BCUT2D eigenvalue weighted by Crippen LogP contribution is -2.53. The fourth-order valence-corrected chi connectivity index (χ4v) is 4.93. The van der Waals surface area contributed by atoms with Crippen LogP contribution in [-0.2, 0) is 14.8 Å². The van der Waals surface area contributed by atoms with E-state index in [-0.39, 0.29) is 19.2 Å². The molecule has 2 aliphatic rings. The number of nitrogens with zero attached hydrogens (tertiary/aromatic N) is 3. The average Bonchev–Trinajstić information content (AvgIpc) is 2.87. The number of amides is 3. The molecule has 2 saturated heterocycles. The first-order chi connectivity index (χ1) is 12.7. The van der Waals surface area contributed by atoms with Crippen molar-refractivity contribution in [1.29, 1.82) is 0 Å². The van der Waals surface area contributed by atoms with Gasteiger partial charge in [0.25, 0.3) is 5.91 Å². The Hall–Kier alpha value is -2.71. The number of carbonyl (C=O) groups is 2. The summed E-state index contributed by atoms with van der Waals surface area (Å²) in [5, 5.41) is 4.42. The van der Waals surface area contributed by atoms with Crippen LogP contribution in [0, 0.1) is 6.57 Å². The Bertz CT molecular complexity index is 887. The summed E-state index contributed by atoms with van der Waals surface area (Å²) in [6.45, 7) is 8.78. The zero-order valence-electron chi connectivity index (χ0n) is 14.6. The maximum Gasteiger partial charge on any atom is 0.322 e. The molecule has 0 aliphatic carbocycles. The topological polar surface area (TPSA) is 122 Å². The molecule has 2 aliphatic heterocycles. The van der Waals surface area contributed by atoms with E-state index in [1.807, 2.05) is 0 Å². The van der Waals surface area contributed by atoms with E-state index in [1.165, 1.54) is 17.4 Å². The SMILES string of the molecule is [C-]#[N+]c1ccc(OC2CCN(S(=O)(=O)C[C@@]3(C)NC(=O)NC3=O)CC2)nc1. The minimum Gasteiger partial charge on any atom is -0.474 e. The molecule has 2 fully saturated rings. The number of sulfonamides is 1. The standard InChI is InChI=1S/C16H19N5O5S/c1-16(14(22)19-15(23)20-16)10-27(24,25)21-7-5-12(6-8-21)26-13-4-3-11(17-2)9-18-13/h3-4,9,12H,5-8,10H2,1H3,(H2,19,20,22,23)/t16-/m1/s1. The third-order valence-electron chi connectivity index (χ3n) is 4.52. The molecule has 27 heavy (non-hydrogen) atoms. The molecule has 3 amide bonds. The zero-order chi connectivity index (χ0) is 19.7. The minimum atomic E-state index is -3.73. The van der Waals surface area contributed by atoms with Crippen molar-refractivity contribution in [2.45, 2.75) is 31.4 Å². The van der Waals surface area contributed by atoms with Gasteiger partial charge in [0.05, 0.1) is 12.3 Å². The zero-order valence-corrected chi connectivity index (χ0v) is 15.5. The molecule has 0 spiro atoms. The third-order valence-corrected chi connectivity index (χ3v) is 6.61.